The minimum atomic E-state index is -0.865. The number of ether oxygens (including phenoxy) is 1. The molecule has 1 saturated heterocycles. The quantitative estimate of drug-likeness (QED) is 0.840. The maximum Gasteiger partial charge on any atom is 0.332 e. The average molecular weight is 323 g/mol. The number of esters is 1. The normalized spacial score (nSPS) is 27.3. The lowest BCUT2D eigenvalue weighted by Gasteiger charge is -2.30. The number of nitrogens with zero attached hydrogens (tertiary/aromatic N) is 2. The largest absolute Gasteiger partial charge is 0.467 e. The number of carbonyl (C=O) groups is 2. The third kappa shape index (κ3) is 2.62. The first-order chi connectivity index (χ1) is 10.6. The molecule has 0 saturated carbocycles. The lowest BCUT2D eigenvalue weighted by Crippen LogP contribution is -2.56. The molecule has 0 radical (unpaired) electrons. The summed E-state index contributed by atoms with van der Waals surface area (Å²) in [5, 5.41) is 7.42. The average Bonchev–Trinajstić information content (AvgIpc) is 3.11. The van der Waals surface area contributed by atoms with E-state index < -0.39 is 5.54 Å². The maximum atomic E-state index is 12.8. The topological polar surface area (TPSA) is 73.2 Å². The first kappa shape index (κ1) is 15.4. The van der Waals surface area contributed by atoms with Crippen LogP contribution in [0.3, 0.4) is 0 Å². The zero-order valence-corrected chi connectivity index (χ0v) is 13.7. The molecule has 1 aliphatic carbocycles. The van der Waals surface area contributed by atoms with E-state index in [2.05, 4.69) is 10.4 Å². The van der Waals surface area contributed by atoms with E-state index in [4.69, 9.17) is 4.74 Å². The van der Waals surface area contributed by atoms with E-state index in [9.17, 15) is 9.59 Å². The highest BCUT2D eigenvalue weighted by molar-refractivity contribution is 7.99. The number of aryl methyl sites for hydroxylation is 2. The van der Waals surface area contributed by atoms with Crippen LogP contribution < -0.4 is 5.32 Å². The SMILES string of the molecule is COC(=O)C1(NC(=O)C2CCCc3nn(C)cc32)CCSC1. The van der Waals surface area contributed by atoms with Crippen molar-refractivity contribution in [1.82, 2.24) is 15.1 Å². The van der Waals surface area contributed by atoms with Gasteiger partial charge in [0.25, 0.3) is 0 Å². The van der Waals surface area contributed by atoms with Crippen molar-refractivity contribution in [2.45, 2.75) is 37.1 Å². The van der Waals surface area contributed by atoms with Gasteiger partial charge in [0.15, 0.2) is 0 Å². The van der Waals surface area contributed by atoms with Crippen LogP contribution in [0.2, 0.25) is 0 Å². The van der Waals surface area contributed by atoms with Gasteiger partial charge in [-0.25, -0.2) is 4.79 Å². The number of amides is 1. The van der Waals surface area contributed by atoms with Gasteiger partial charge in [-0.05, 0) is 31.4 Å². The molecule has 1 fully saturated rings. The van der Waals surface area contributed by atoms with E-state index in [0.29, 0.717) is 12.2 Å². The molecule has 0 aromatic carbocycles. The fraction of sp³-hybridized carbons (Fsp3) is 0.667. The Morgan fingerprint density at radius 3 is 3.05 bits per heavy atom. The molecule has 1 N–H and O–H groups in total. The van der Waals surface area contributed by atoms with Crippen LogP contribution in [0.5, 0.6) is 0 Å². The van der Waals surface area contributed by atoms with Crippen molar-refractivity contribution < 1.29 is 14.3 Å². The fourth-order valence-electron chi connectivity index (χ4n) is 3.33. The Balaban J connectivity index is 1.81. The monoisotopic (exact) mass is 323 g/mol. The van der Waals surface area contributed by atoms with Crippen LogP contribution in [-0.2, 0) is 27.8 Å². The van der Waals surface area contributed by atoms with Crippen molar-refractivity contribution in [3.05, 3.63) is 17.5 Å². The number of nitrogens with one attached hydrogen (secondary N) is 1. The van der Waals surface area contributed by atoms with Crippen LogP contribution in [0.25, 0.3) is 0 Å². The van der Waals surface area contributed by atoms with Crippen molar-refractivity contribution in [1.29, 1.82) is 0 Å². The van der Waals surface area contributed by atoms with Gasteiger partial charge in [0, 0.05) is 24.6 Å². The van der Waals surface area contributed by atoms with Crippen LogP contribution in [-0.4, -0.2) is 45.8 Å². The summed E-state index contributed by atoms with van der Waals surface area (Å²) < 4.78 is 6.68. The molecule has 0 spiro atoms. The molecule has 1 aromatic heterocycles. The number of methoxy groups -OCH3 is 1. The Kier molecular flexibility index (Phi) is 4.16. The summed E-state index contributed by atoms with van der Waals surface area (Å²) in [7, 11) is 3.25. The molecule has 2 heterocycles. The number of hydrogen-bond donors (Lipinski definition) is 1. The van der Waals surface area contributed by atoms with Crippen molar-refractivity contribution >= 4 is 23.6 Å². The highest BCUT2D eigenvalue weighted by atomic mass is 32.2. The van der Waals surface area contributed by atoms with Gasteiger partial charge in [-0.3, -0.25) is 9.48 Å². The van der Waals surface area contributed by atoms with Crippen LogP contribution in [0.1, 0.15) is 36.4 Å². The van der Waals surface area contributed by atoms with Crippen molar-refractivity contribution in [2.24, 2.45) is 7.05 Å². The van der Waals surface area contributed by atoms with E-state index in [1.165, 1.54) is 7.11 Å². The Bertz CT molecular complexity index is 593. The molecule has 2 unspecified atom stereocenters. The van der Waals surface area contributed by atoms with Gasteiger partial charge >= 0.3 is 5.97 Å². The Hall–Kier alpha value is -1.50. The standard InChI is InChI=1S/C15H21N3O3S/c1-18-8-11-10(4-3-5-12(11)17-18)13(19)16-15(14(20)21-2)6-7-22-9-15/h8,10H,3-7,9H2,1-2H3,(H,16,19). The second-order valence-corrected chi connectivity index (χ2v) is 7.12. The van der Waals surface area contributed by atoms with Crippen molar-refractivity contribution in [3.8, 4) is 0 Å². The molecule has 22 heavy (non-hydrogen) atoms. The Morgan fingerprint density at radius 1 is 1.55 bits per heavy atom. The smallest absolute Gasteiger partial charge is 0.332 e. The van der Waals surface area contributed by atoms with Crippen LogP contribution in [0, 0.1) is 0 Å². The fourth-order valence-corrected chi connectivity index (χ4v) is 4.65. The predicted molar refractivity (Wildman–Crippen MR) is 83.7 cm³/mol. The molecule has 1 aliphatic heterocycles. The number of carbonyl (C=O) groups excluding carboxylic acids is 2. The molecular formula is C15H21N3O3S. The zero-order chi connectivity index (χ0) is 15.7. The number of aromatic nitrogens is 2. The highest BCUT2D eigenvalue weighted by Crippen LogP contribution is 2.34. The predicted octanol–water partition coefficient (Wildman–Crippen LogP) is 1.00. The number of hydrogen-bond acceptors (Lipinski definition) is 5. The van der Waals surface area contributed by atoms with E-state index >= 15 is 0 Å². The minimum Gasteiger partial charge on any atom is -0.467 e. The van der Waals surface area contributed by atoms with Gasteiger partial charge in [-0.15, -0.1) is 0 Å². The minimum absolute atomic E-state index is 0.0816. The third-order valence-electron chi connectivity index (χ3n) is 4.50. The molecule has 2 aliphatic rings. The second kappa shape index (κ2) is 5.95. The molecule has 6 nitrogen and oxygen atoms in total. The van der Waals surface area contributed by atoms with Gasteiger partial charge in [-0.1, -0.05) is 0 Å². The van der Waals surface area contributed by atoms with Crippen LogP contribution in [0.15, 0.2) is 6.20 Å². The lowest BCUT2D eigenvalue weighted by atomic mass is 9.85. The summed E-state index contributed by atoms with van der Waals surface area (Å²) in [6.07, 6.45) is 5.21. The lowest BCUT2D eigenvalue weighted by molar-refractivity contribution is -0.150. The van der Waals surface area contributed by atoms with Gasteiger partial charge in [0.1, 0.15) is 5.54 Å². The number of thioether (sulfide) groups is 1. The summed E-state index contributed by atoms with van der Waals surface area (Å²) in [6, 6.07) is 0. The number of fused-ring (bicyclic) bond motifs is 1. The van der Waals surface area contributed by atoms with E-state index in [-0.39, 0.29) is 17.8 Å². The van der Waals surface area contributed by atoms with E-state index in [1.807, 2.05) is 13.2 Å². The van der Waals surface area contributed by atoms with Gasteiger partial charge in [0.2, 0.25) is 5.91 Å². The number of rotatable bonds is 3. The zero-order valence-electron chi connectivity index (χ0n) is 12.9. The first-order valence-electron chi connectivity index (χ1n) is 7.56. The molecule has 3 rings (SSSR count). The van der Waals surface area contributed by atoms with Crippen molar-refractivity contribution in [2.75, 3.05) is 18.6 Å². The maximum absolute atomic E-state index is 12.8. The van der Waals surface area contributed by atoms with Gasteiger partial charge in [-0.2, -0.15) is 16.9 Å². The first-order valence-corrected chi connectivity index (χ1v) is 8.72. The summed E-state index contributed by atoms with van der Waals surface area (Å²) in [4.78, 5) is 24.9. The molecule has 120 valence electrons. The van der Waals surface area contributed by atoms with Gasteiger partial charge < -0.3 is 10.1 Å². The molecule has 7 heteroatoms. The second-order valence-electron chi connectivity index (χ2n) is 6.02. The third-order valence-corrected chi connectivity index (χ3v) is 5.69. The Morgan fingerprint density at radius 2 is 2.36 bits per heavy atom. The van der Waals surface area contributed by atoms with Crippen LogP contribution >= 0.6 is 11.8 Å². The summed E-state index contributed by atoms with van der Waals surface area (Å²) in [5.74, 6) is 0.801. The molecule has 2 atom stereocenters. The van der Waals surface area contributed by atoms with E-state index in [0.717, 1.165) is 36.3 Å². The van der Waals surface area contributed by atoms with Gasteiger partial charge in [0.05, 0.1) is 18.7 Å². The molecule has 1 amide bonds. The summed E-state index contributed by atoms with van der Waals surface area (Å²) in [6.45, 7) is 0. The van der Waals surface area contributed by atoms with Crippen molar-refractivity contribution in [3.63, 3.8) is 0 Å². The summed E-state index contributed by atoms with van der Waals surface area (Å²) >= 11 is 1.67. The molecular weight excluding hydrogens is 302 g/mol. The van der Waals surface area contributed by atoms with E-state index in [1.54, 1.807) is 16.4 Å². The highest BCUT2D eigenvalue weighted by Gasteiger charge is 2.45. The Labute approximate surface area is 134 Å². The molecule has 1 aromatic rings. The molecule has 0 bridgehead atoms. The van der Waals surface area contributed by atoms with Crippen LogP contribution in [0.4, 0.5) is 0 Å². The summed E-state index contributed by atoms with van der Waals surface area (Å²) in [5.41, 5.74) is 1.13.